The summed E-state index contributed by atoms with van der Waals surface area (Å²) in [5.41, 5.74) is 0. The minimum atomic E-state index is -0.779. The van der Waals surface area contributed by atoms with E-state index in [2.05, 4.69) is 10.6 Å². The topological polar surface area (TPSA) is 81.7 Å². The second-order valence-electron chi connectivity index (χ2n) is 4.35. The molecule has 1 aliphatic rings. The van der Waals surface area contributed by atoms with Crippen LogP contribution in [0.15, 0.2) is 0 Å². The quantitative estimate of drug-likeness (QED) is 0.598. The lowest BCUT2D eigenvalue weighted by molar-refractivity contribution is -0.141. The van der Waals surface area contributed by atoms with E-state index in [0.717, 1.165) is 26.2 Å². The minimum Gasteiger partial charge on any atom is -0.481 e. The van der Waals surface area contributed by atoms with Crippen molar-refractivity contribution in [1.29, 1.82) is 0 Å². The molecule has 1 aliphatic heterocycles. The zero-order valence-electron chi connectivity index (χ0n) is 10.2. The molecule has 1 heterocycles. The first-order chi connectivity index (χ1) is 8.11. The Morgan fingerprint density at radius 2 is 2.06 bits per heavy atom. The number of hydrogen-bond donors (Lipinski definition) is 3. The number of urea groups is 1. The van der Waals surface area contributed by atoms with Crippen molar-refractivity contribution in [3.05, 3.63) is 0 Å². The van der Waals surface area contributed by atoms with E-state index in [1.165, 1.54) is 0 Å². The Morgan fingerprint density at radius 3 is 2.65 bits per heavy atom. The first kappa shape index (κ1) is 13.8. The lowest BCUT2D eigenvalue weighted by atomic mass is 10.1. The maximum atomic E-state index is 11.6. The Hall–Kier alpha value is -1.30. The highest BCUT2D eigenvalue weighted by molar-refractivity contribution is 5.74. The molecule has 1 rings (SSSR count). The van der Waals surface area contributed by atoms with Gasteiger partial charge in [-0.3, -0.25) is 4.79 Å². The van der Waals surface area contributed by atoms with E-state index in [1.807, 2.05) is 0 Å². The van der Waals surface area contributed by atoms with Gasteiger partial charge in [0.05, 0.1) is 5.92 Å². The van der Waals surface area contributed by atoms with Gasteiger partial charge in [0.2, 0.25) is 0 Å². The van der Waals surface area contributed by atoms with E-state index < -0.39 is 5.97 Å². The SMILES string of the molecule is CC(CCCNC(=O)N1CCNCC1)C(=O)O. The van der Waals surface area contributed by atoms with Gasteiger partial charge in [-0.15, -0.1) is 0 Å². The molecule has 0 aromatic rings. The minimum absolute atomic E-state index is 0.0468. The molecule has 0 aromatic heterocycles. The van der Waals surface area contributed by atoms with Crippen LogP contribution in [0.5, 0.6) is 0 Å². The number of amides is 2. The predicted octanol–water partition coefficient (Wildman–Crippen LogP) is 0.102. The summed E-state index contributed by atoms with van der Waals surface area (Å²) < 4.78 is 0. The van der Waals surface area contributed by atoms with Crippen molar-refractivity contribution < 1.29 is 14.7 Å². The number of nitrogens with one attached hydrogen (secondary N) is 2. The van der Waals surface area contributed by atoms with E-state index in [4.69, 9.17) is 5.11 Å². The average molecular weight is 243 g/mol. The molecule has 0 saturated carbocycles. The molecule has 0 spiro atoms. The smallest absolute Gasteiger partial charge is 0.317 e. The molecule has 17 heavy (non-hydrogen) atoms. The van der Waals surface area contributed by atoms with Crippen LogP contribution < -0.4 is 10.6 Å². The fourth-order valence-corrected chi connectivity index (χ4v) is 1.71. The highest BCUT2D eigenvalue weighted by atomic mass is 16.4. The molecule has 3 N–H and O–H groups in total. The van der Waals surface area contributed by atoms with Crippen LogP contribution in [0.2, 0.25) is 0 Å². The molecule has 2 amide bonds. The highest BCUT2D eigenvalue weighted by Gasteiger charge is 2.15. The number of carboxylic acid groups (broad SMARTS) is 1. The molecule has 0 aromatic carbocycles. The van der Waals surface area contributed by atoms with Crippen molar-refractivity contribution >= 4 is 12.0 Å². The van der Waals surface area contributed by atoms with Crippen LogP contribution in [0.3, 0.4) is 0 Å². The van der Waals surface area contributed by atoms with Crippen molar-refractivity contribution in [3.63, 3.8) is 0 Å². The number of carbonyl (C=O) groups is 2. The number of nitrogens with zero attached hydrogens (tertiary/aromatic N) is 1. The van der Waals surface area contributed by atoms with Gasteiger partial charge in [-0.2, -0.15) is 0 Å². The first-order valence-electron chi connectivity index (χ1n) is 6.07. The van der Waals surface area contributed by atoms with E-state index in [0.29, 0.717) is 19.4 Å². The first-order valence-corrected chi connectivity index (χ1v) is 6.07. The van der Waals surface area contributed by atoms with Crippen molar-refractivity contribution in [2.45, 2.75) is 19.8 Å². The van der Waals surface area contributed by atoms with Crippen LogP contribution in [-0.4, -0.2) is 54.7 Å². The number of rotatable bonds is 5. The molecule has 98 valence electrons. The summed E-state index contributed by atoms with van der Waals surface area (Å²) >= 11 is 0. The van der Waals surface area contributed by atoms with Crippen molar-refractivity contribution in [3.8, 4) is 0 Å². The molecule has 6 heteroatoms. The fraction of sp³-hybridized carbons (Fsp3) is 0.818. The van der Waals surface area contributed by atoms with Crippen molar-refractivity contribution in [1.82, 2.24) is 15.5 Å². The normalized spacial score (nSPS) is 17.6. The van der Waals surface area contributed by atoms with Crippen molar-refractivity contribution in [2.24, 2.45) is 5.92 Å². The summed E-state index contributed by atoms with van der Waals surface area (Å²) in [6, 6.07) is -0.0468. The largest absolute Gasteiger partial charge is 0.481 e. The Bertz CT molecular complexity index is 265. The summed E-state index contributed by atoms with van der Waals surface area (Å²) in [7, 11) is 0. The zero-order valence-corrected chi connectivity index (χ0v) is 10.2. The van der Waals surface area contributed by atoms with Gasteiger partial charge < -0.3 is 20.6 Å². The molecule has 6 nitrogen and oxygen atoms in total. The van der Waals surface area contributed by atoms with Crippen LogP contribution in [-0.2, 0) is 4.79 Å². The van der Waals surface area contributed by atoms with E-state index in [9.17, 15) is 9.59 Å². The van der Waals surface area contributed by atoms with Gasteiger partial charge in [-0.25, -0.2) is 4.79 Å². The van der Waals surface area contributed by atoms with E-state index in [1.54, 1.807) is 11.8 Å². The van der Waals surface area contributed by atoms with Crippen LogP contribution in [0.4, 0.5) is 4.79 Å². The monoisotopic (exact) mass is 243 g/mol. The molecule has 0 radical (unpaired) electrons. The maximum absolute atomic E-state index is 11.6. The van der Waals surface area contributed by atoms with Crippen LogP contribution in [0, 0.1) is 5.92 Å². The molecule has 1 atom stereocenters. The van der Waals surface area contributed by atoms with Crippen molar-refractivity contribution in [2.75, 3.05) is 32.7 Å². The van der Waals surface area contributed by atoms with Crippen LogP contribution in [0.25, 0.3) is 0 Å². The predicted molar refractivity (Wildman–Crippen MR) is 63.9 cm³/mol. The second kappa shape index (κ2) is 7.11. The van der Waals surface area contributed by atoms with Gasteiger partial charge in [-0.05, 0) is 12.8 Å². The Labute approximate surface area is 101 Å². The van der Waals surface area contributed by atoms with Crippen LogP contribution in [0.1, 0.15) is 19.8 Å². The maximum Gasteiger partial charge on any atom is 0.317 e. The zero-order chi connectivity index (χ0) is 12.7. The third-order valence-corrected chi connectivity index (χ3v) is 2.92. The lowest BCUT2D eigenvalue weighted by Gasteiger charge is -2.27. The van der Waals surface area contributed by atoms with Gasteiger partial charge in [0, 0.05) is 32.7 Å². The Kier molecular flexibility index (Phi) is 5.76. The molecule has 1 unspecified atom stereocenters. The standard InChI is InChI=1S/C11H21N3O3/c1-9(10(15)16)3-2-4-13-11(17)14-7-5-12-6-8-14/h9,12H,2-8H2,1H3,(H,13,17)(H,15,16). The molecule has 1 saturated heterocycles. The summed E-state index contributed by atoms with van der Waals surface area (Å²) in [6.45, 7) is 5.36. The fourth-order valence-electron chi connectivity index (χ4n) is 1.71. The van der Waals surface area contributed by atoms with Gasteiger partial charge in [0.25, 0.3) is 0 Å². The average Bonchev–Trinajstić information content (AvgIpc) is 2.35. The lowest BCUT2D eigenvalue weighted by Crippen LogP contribution is -2.50. The number of carbonyl (C=O) groups excluding carboxylic acids is 1. The molecule has 0 bridgehead atoms. The molecule has 0 aliphatic carbocycles. The number of hydrogen-bond acceptors (Lipinski definition) is 3. The summed E-state index contributed by atoms with van der Waals surface area (Å²) in [5.74, 6) is -1.12. The van der Waals surface area contributed by atoms with Gasteiger partial charge in [0.1, 0.15) is 0 Å². The van der Waals surface area contributed by atoms with Gasteiger partial charge >= 0.3 is 12.0 Å². The molecular weight excluding hydrogens is 222 g/mol. The third kappa shape index (κ3) is 5.04. The molecular formula is C11H21N3O3. The third-order valence-electron chi connectivity index (χ3n) is 2.92. The summed E-state index contributed by atoms with van der Waals surface area (Å²) in [4.78, 5) is 24.0. The summed E-state index contributed by atoms with van der Waals surface area (Å²) in [5, 5.41) is 14.7. The number of aliphatic carboxylic acids is 1. The van der Waals surface area contributed by atoms with Crippen LogP contribution >= 0.6 is 0 Å². The summed E-state index contributed by atoms with van der Waals surface area (Å²) in [6.07, 6.45) is 1.29. The van der Waals surface area contributed by atoms with Gasteiger partial charge in [-0.1, -0.05) is 6.92 Å². The van der Waals surface area contributed by atoms with Gasteiger partial charge in [0.15, 0.2) is 0 Å². The Balaban J connectivity index is 2.09. The van der Waals surface area contributed by atoms with E-state index >= 15 is 0 Å². The highest BCUT2D eigenvalue weighted by Crippen LogP contribution is 2.04. The Morgan fingerprint density at radius 1 is 1.41 bits per heavy atom. The second-order valence-corrected chi connectivity index (χ2v) is 4.35. The number of carboxylic acids is 1. The molecule has 1 fully saturated rings. The van der Waals surface area contributed by atoms with E-state index in [-0.39, 0.29) is 11.9 Å². The number of piperazine rings is 1.